The predicted octanol–water partition coefficient (Wildman–Crippen LogP) is 7.66. The number of unbranched alkanes of at least 4 members (excludes halogenated alkanes) is 1. The number of benzene rings is 4. The molecule has 4 aromatic carbocycles. The van der Waals surface area contributed by atoms with Crippen LogP contribution in [0.15, 0.2) is 114 Å². The standard InChI is InChI=1S/C34H32ClN3O4S/c1-2-3-21-42-28-17-13-26(14-18-28)36-32(39)23-43-29-19-15-27(16-20-29)37-34(41)31(22-25-11-7-8-12-30(25)35)38-33(40)24-9-5-4-6-10-24/h4-20,22H,2-3,21,23H2,1H3,(H,36,39)(H,37,41)(H,38,40)/b31-22-. The van der Waals surface area contributed by atoms with Gasteiger partial charge in [-0.2, -0.15) is 0 Å². The number of hydrogen-bond donors (Lipinski definition) is 3. The summed E-state index contributed by atoms with van der Waals surface area (Å²) in [5.41, 5.74) is 2.27. The summed E-state index contributed by atoms with van der Waals surface area (Å²) in [6, 6.07) is 30.1. The summed E-state index contributed by atoms with van der Waals surface area (Å²) in [5.74, 6) is -0.0684. The largest absolute Gasteiger partial charge is 0.494 e. The molecule has 0 aliphatic carbocycles. The zero-order valence-corrected chi connectivity index (χ0v) is 25.2. The molecule has 0 aliphatic rings. The van der Waals surface area contributed by atoms with E-state index in [0.29, 0.717) is 34.1 Å². The van der Waals surface area contributed by atoms with Gasteiger partial charge in [0.15, 0.2) is 0 Å². The fraction of sp³-hybridized carbons (Fsp3) is 0.147. The molecular weight excluding hydrogens is 582 g/mol. The van der Waals surface area contributed by atoms with Gasteiger partial charge in [0, 0.05) is 26.9 Å². The predicted molar refractivity (Wildman–Crippen MR) is 175 cm³/mol. The van der Waals surface area contributed by atoms with E-state index in [1.54, 1.807) is 60.7 Å². The van der Waals surface area contributed by atoms with Gasteiger partial charge in [0.1, 0.15) is 11.4 Å². The maximum absolute atomic E-state index is 13.3. The van der Waals surface area contributed by atoms with Crippen molar-refractivity contribution in [3.05, 3.63) is 125 Å². The number of amides is 3. The normalized spacial score (nSPS) is 11.0. The molecule has 9 heteroatoms. The van der Waals surface area contributed by atoms with Gasteiger partial charge >= 0.3 is 0 Å². The van der Waals surface area contributed by atoms with Crippen molar-refractivity contribution in [3.63, 3.8) is 0 Å². The first-order valence-corrected chi connectivity index (χ1v) is 15.2. The Balaban J connectivity index is 1.34. The quantitative estimate of drug-likeness (QED) is 0.0817. The summed E-state index contributed by atoms with van der Waals surface area (Å²) in [6.45, 7) is 2.78. The molecule has 0 bridgehead atoms. The number of hydrogen-bond acceptors (Lipinski definition) is 5. The highest BCUT2D eigenvalue weighted by Gasteiger charge is 2.16. The summed E-state index contributed by atoms with van der Waals surface area (Å²) < 4.78 is 5.65. The Hall–Kier alpha value is -4.53. The lowest BCUT2D eigenvalue weighted by Gasteiger charge is -2.12. The Morgan fingerprint density at radius 3 is 2.16 bits per heavy atom. The zero-order valence-electron chi connectivity index (χ0n) is 23.6. The molecule has 4 rings (SSSR count). The number of rotatable bonds is 13. The molecule has 0 aromatic heterocycles. The molecule has 0 saturated carbocycles. The third kappa shape index (κ3) is 10.1. The number of nitrogens with one attached hydrogen (secondary N) is 3. The monoisotopic (exact) mass is 613 g/mol. The second kappa shape index (κ2) is 16.2. The van der Waals surface area contributed by atoms with Gasteiger partial charge in [0.05, 0.1) is 12.4 Å². The van der Waals surface area contributed by atoms with Crippen molar-refractivity contribution >= 4 is 58.5 Å². The Morgan fingerprint density at radius 2 is 1.47 bits per heavy atom. The molecule has 0 spiro atoms. The van der Waals surface area contributed by atoms with Crippen molar-refractivity contribution in [1.29, 1.82) is 0 Å². The molecule has 7 nitrogen and oxygen atoms in total. The topological polar surface area (TPSA) is 96.5 Å². The van der Waals surface area contributed by atoms with Crippen molar-refractivity contribution in [3.8, 4) is 5.75 Å². The molecule has 3 N–H and O–H groups in total. The molecule has 0 saturated heterocycles. The van der Waals surface area contributed by atoms with E-state index in [1.165, 1.54) is 17.8 Å². The first-order valence-electron chi connectivity index (χ1n) is 13.8. The number of carbonyl (C=O) groups excluding carboxylic acids is 3. The van der Waals surface area contributed by atoms with Gasteiger partial charge in [-0.05, 0) is 84.8 Å². The van der Waals surface area contributed by atoms with Gasteiger partial charge in [-0.1, -0.05) is 61.3 Å². The maximum atomic E-state index is 13.3. The van der Waals surface area contributed by atoms with E-state index >= 15 is 0 Å². The first kappa shape index (κ1) is 31.4. The fourth-order valence-electron chi connectivity index (χ4n) is 3.84. The van der Waals surface area contributed by atoms with Crippen molar-refractivity contribution < 1.29 is 19.1 Å². The Bertz CT molecular complexity index is 1560. The second-order valence-corrected chi connectivity index (χ2v) is 10.9. The molecule has 43 heavy (non-hydrogen) atoms. The van der Waals surface area contributed by atoms with Gasteiger partial charge < -0.3 is 20.7 Å². The van der Waals surface area contributed by atoms with E-state index in [1.807, 2.05) is 42.5 Å². The molecule has 0 fully saturated rings. The maximum Gasteiger partial charge on any atom is 0.272 e. The average molecular weight is 614 g/mol. The number of thioether (sulfide) groups is 1. The highest BCUT2D eigenvalue weighted by atomic mass is 35.5. The molecule has 0 heterocycles. The summed E-state index contributed by atoms with van der Waals surface area (Å²) in [7, 11) is 0. The van der Waals surface area contributed by atoms with Crippen LogP contribution in [0, 0.1) is 0 Å². The highest BCUT2D eigenvalue weighted by molar-refractivity contribution is 8.00. The van der Waals surface area contributed by atoms with E-state index in [4.69, 9.17) is 16.3 Å². The highest BCUT2D eigenvalue weighted by Crippen LogP contribution is 2.23. The van der Waals surface area contributed by atoms with Crippen LogP contribution in [-0.2, 0) is 9.59 Å². The molecule has 0 aliphatic heterocycles. The van der Waals surface area contributed by atoms with Crippen LogP contribution in [-0.4, -0.2) is 30.1 Å². The Morgan fingerprint density at radius 1 is 0.814 bits per heavy atom. The minimum Gasteiger partial charge on any atom is -0.494 e. The van der Waals surface area contributed by atoms with Crippen LogP contribution < -0.4 is 20.7 Å². The zero-order chi connectivity index (χ0) is 30.4. The molecule has 0 unspecified atom stereocenters. The number of anilines is 2. The summed E-state index contributed by atoms with van der Waals surface area (Å²) in [5, 5.41) is 8.85. The second-order valence-electron chi connectivity index (χ2n) is 9.44. The van der Waals surface area contributed by atoms with Crippen molar-refractivity contribution in [1.82, 2.24) is 5.32 Å². The SMILES string of the molecule is CCCCOc1ccc(NC(=O)CSc2ccc(NC(=O)/C(=C/c3ccccc3Cl)NC(=O)c3ccccc3)cc2)cc1. The van der Waals surface area contributed by atoms with Gasteiger partial charge in [0.2, 0.25) is 5.91 Å². The van der Waals surface area contributed by atoms with Crippen LogP contribution in [0.3, 0.4) is 0 Å². The number of halogens is 1. The van der Waals surface area contributed by atoms with E-state index < -0.39 is 11.8 Å². The Labute approximate surface area is 260 Å². The summed E-state index contributed by atoms with van der Waals surface area (Å²) in [4.78, 5) is 39.4. The van der Waals surface area contributed by atoms with Crippen LogP contribution in [0.25, 0.3) is 6.08 Å². The lowest BCUT2D eigenvalue weighted by molar-refractivity contribution is -0.114. The number of ether oxygens (including phenoxy) is 1. The average Bonchev–Trinajstić information content (AvgIpc) is 3.02. The van der Waals surface area contributed by atoms with Crippen LogP contribution in [0.5, 0.6) is 5.75 Å². The van der Waals surface area contributed by atoms with E-state index in [-0.39, 0.29) is 17.4 Å². The lowest BCUT2D eigenvalue weighted by Crippen LogP contribution is -2.30. The molecule has 3 amide bonds. The van der Waals surface area contributed by atoms with Crippen LogP contribution in [0.2, 0.25) is 5.02 Å². The minimum atomic E-state index is -0.509. The van der Waals surface area contributed by atoms with Crippen molar-refractivity contribution in [2.75, 3.05) is 23.0 Å². The first-order chi connectivity index (χ1) is 20.9. The van der Waals surface area contributed by atoms with E-state index in [0.717, 1.165) is 23.5 Å². The molecule has 220 valence electrons. The minimum absolute atomic E-state index is 0.0395. The molecule has 0 radical (unpaired) electrons. The van der Waals surface area contributed by atoms with Gasteiger partial charge in [0.25, 0.3) is 11.8 Å². The van der Waals surface area contributed by atoms with Crippen LogP contribution in [0.1, 0.15) is 35.7 Å². The van der Waals surface area contributed by atoms with Gasteiger partial charge in [-0.15, -0.1) is 11.8 Å². The third-order valence-electron chi connectivity index (χ3n) is 6.12. The summed E-state index contributed by atoms with van der Waals surface area (Å²) in [6.07, 6.45) is 3.60. The smallest absolute Gasteiger partial charge is 0.272 e. The van der Waals surface area contributed by atoms with Crippen molar-refractivity contribution in [2.24, 2.45) is 0 Å². The number of carbonyl (C=O) groups is 3. The van der Waals surface area contributed by atoms with E-state index in [2.05, 4.69) is 22.9 Å². The third-order valence-corrected chi connectivity index (χ3v) is 7.48. The molecule has 4 aromatic rings. The lowest BCUT2D eigenvalue weighted by atomic mass is 10.1. The van der Waals surface area contributed by atoms with Crippen molar-refractivity contribution in [2.45, 2.75) is 24.7 Å². The van der Waals surface area contributed by atoms with Crippen LogP contribution in [0.4, 0.5) is 11.4 Å². The van der Waals surface area contributed by atoms with E-state index in [9.17, 15) is 14.4 Å². The summed E-state index contributed by atoms with van der Waals surface area (Å²) >= 11 is 7.68. The molecular formula is C34H32ClN3O4S. The van der Waals surface area contributed by atoms with Gasteiger partial charge in [-0.25, -0.2) is 0 Å². The fourth-order valence-corrected chi connectivity index (χ4v) is 4.73. The molecule has 0 atom stereocenters. The van der Waals surface area contributed by atoms with Crippen LogP contribution >= 0.6 is 23.4 Å². The van der Waals surface area contributed by atoms with Gasteiger partial charge in [-0.3, -0.25) is 14.4 Å². The Kier molecular flexibility index (Phi) is 11.8.